The molecular formula is C18H23N5. The molecule has 2 aromatic rings. The van der Waals surface area contributed by atoms with Crippen LogP contribution in [0, 0.1) is 0 Å². The summed E-state index contributed by atoms with van der Waals surface area (Å²) in [6.45, 7) is 4.04. The van der Waals surface area contributed by atoms with Crippen LogP contribution in [0.25, 0.3) is 5.70 Å². The lowest BCUT2D eigenvalue weighted by Gasteiger charge is -2.20. The Bertz CT molecular complexity index is 689. The first-order valence-electron chi connectivity index (χ1n) is 7.41. The van der Waals surface area contributed by atoms with Crippen molar-refractivity contribution in [2.24, 2.45) is 10.2 Å². The van der Waals surface area contributed by atoms with Crippen molar-refractivity contribution in [2.75, 3.05) is 38.1 Å². The highest BCUT2D eigenvalue weighted by Gasteiger charge is 2.08. The molecule has 0 atom stereocenters. The van der Waals surface area contributed by atoms with E-state index in [0.29, 0.717) is 5.70 Å². The summed E-state index contributed by atoms with van der Waals surface area (Å²) in [5, 5.41) is 10.5. The van der Waals surface area contributed by atoms with Gasteiger partial charge >= 0.3 is 0 Å². The third-order valence-electron chi connectivity index (χ3n) is 3.56. The van der Waals surface area contributed by atoms with Crippen LogP contribution in [-0.4, -0.2) is 28.2 Å². The Kier molecular flexibility index (Phi) is 5.49. The van der Waals surface area contributed by atoms with E-state index in [1.54, 1.807) is 0 Å². The molecule has 23 heavy (non-hydrogen) atoms. The zero-order valence-electron chi connectivity index (χ0n) is 14.1. The SMILES string of the molecule is C=C(N=Nc1ccc(N(C)C)cc1)c1ccccc1N(C)NC. The zero-order chi connectivity index (χ0) is 16.8. The van der Waals surface area contributed by atoms with Gasteiger partial charge in [-0.25, -0.2) is 5.43 Å². The first-order chi connectivity index (χ1) is 11.0. The Hall–Kier alpha value is -2.66. The predicted octanol–water partition coefficient (Wildman–Crippen LogP) is 4.08. The highest BCUT2D eigenvalue weighted by Crippen LogP contribution is 2.27. The topological polar surface area (TPSA) is 43.2 Å². The van der Waals surface area contributed by atoms with Crippen LogP contribution >= 0.6 is 0 Å². The van der Waals surface area contributed by atoms with Crippen molar-refractivity contribution in [2.45, 2.75) is 0 Å². The monoisotopic (exact) mass is 309 g/mol. The van der Waals surface area contributed by atoms with Crippen molar-refractivity contribution in [1.82, 2.24) is 5.43 Å². The van der Waals surface area contributed by atoms with Crippen LogP contribution in [0.2, 0.25) is 0 Å². The summed E-state index contributed by atoms with van der Waals surface area (Å²) < 4.78 is 0. The van der Waals surface area contributed by atoms with Gasteiger partial charge in [0.2, 0.25) is 0 Å². The zero-order valence-corrected chi connectivity index (χ0v) is 14.1. The van der Waals surface area contributed by atoms with Gasteiger partial charge in [0.25, 0.3) is 0 Å². The summed E-state index contributed by atoms with van der Waals surface area (Å²) in [5.74, 6) is 0. The van der Waals surface area contributed by atoms with Crippen molar-refractivity contribution in [1.29, 1.82) is 0 Å². The normalized spacial score (nSPS) is 10.8. The molecule has 0 aromatic heterocycles. The van der Waals surface area contributed by atoms with Crippen LogP contribution < -0.4 is 15.3 Å². The molecule has 0 saturated heterocycles. The van der Waals surface area contributed by atoms with E-state index in [4.69, 9.17) is 0 Å². The largest absolute Gasteiger partial charge is 0.378 e. The molecule has 0 amide bonds. The second kappa shape index (κ2) is 7.56. The van der Waals surface area contributed by atoms with E-state index < -0.39 is 0 Å². The van der Waals surface area contributed by atoms with E-state index in [1.165, 1.54) is 0 Å². The Balaban J connectivity index is 2.19. The third kappa shape index (κ3) is 4.17. The van der Waals surface area contributed by atoms with Gasteiger partial charge in [0.1, 0.15) is 0 Å². The number of benzene rings is 2. The minimum absolute atomic E-state index is 0.624. The highest BCUT2D eigenvalue weighted by molar-refractivity contribution is 5.74. The van der Waals surface area contributed by atoms with Gasteiger partial charge in [-0.2, -0.15) is 10.2 Å². The molecule has 5 nitrogen and oxygen atoms in total. The van der Waals surface area contributed by atoms with Crippen LogP contribution in [0.1, 0.15) is 5.56 Å². The molecule has 0 saturated carbocycles. The molecule has 2 rings (SSSR count). The summed E-state index contributed by atoms with van der Waals surface area (Å²) in [7, 11) is 7.83. The maximum Gasteiger partial charge on any atom is 0.0879 e. The first kappa shape index (κ1) is 16.7. The Labute approximate surface area is 137 Å². The molecule has 1 N–H and O–H groups in total. The van der Waals surface area contributed by atoms with Crippen LogP contribution in [-0.2, 0) is 0 Å². The van der Waals surface area contributed by atoms with Crippen LogP contribution in [0.4, 0.5) is 17.1 Å². The molecule has 0 aliphatic heterocycles. The number of nitrogens with zero attached hydrogens (tertiary/aromatic N) is 4. The van der Waals surface area contributed by atoms with E-state index in [9.17, 15) is 0 Å². The van der Waals surface area contributed by atoms with Crippen LogP contribution in [0.15, 0.2) is 65.3 Å². The Morgan fingerprint density at radius 3 is 2.26 bits per heavy atom. The van der Waals surface area contributed by atoms with E-state index in [0.717, 1.165) is 22.6 Å². The molecule has 0 fully saturated rings. The minimum atomic E-state index is 0.624. The number of nitrogens with one attached hydrogen (secondary N) is 1. The summed E-state index contributed by atoms with van der Waals surface area (Å²) >= 11 is 0. The van der Waals surface area contributed by atoms with Crippen molar-refractivity contribution in [3.63, 3.8) is 0 Å². The van der Waals surface area contributed by atoms with Gasteiger partial charge in [-0.15, -0.1) is 0 Å². The molecule has 0 bridgehead atoms. The van der Waals surface area contributed by atoms with Crippen molar-refractivity contribution < 1.29 is 0 Å². The van der Waals surface area contributed by atoms with Crippen LogP contribution in [0.5, 0.6) is 0 Å². The van der Waals surface area contributed by atoms with E-state index in [-0.39, 0.29) is 0 Å². The summed E-state index contributed by atoms with van der Waals surface area (Å²) in [6, 6.07) is 15.9. The van der Waals surface area contributed by atoms with E-state index in [2.05, 4.69) is 22.2 Å². The van der Waals surface area contributed by atoms with Gasteiger partial charge in [-0.3, -0.25) is 0 Å². The fourth-order valence-electron chi connectivity index (χ4n) is 2.12. The molecule has 120 valence electrons. The number of hydrazine groups is 1. The lowest BCUT2D eigenvalue weighted by Crippen LogP contribution is -2.31. The average Bonchev–Trinajstić information content (AvgIpc) is 2.59. The average molecular weight is 309 g/mol. The quantitative estimate of drug-likeness (QED) is 0.646. The highest BCUT2D eigenvalue weighted by atomic mass is 15.5. The van der Waals surface area contributed by atoms with Crippen molar-refractivity contribution in [3.8, 4) is 0 Å². The lowest BCUT2D eigenvalue weighted by atomic mass is 10.1. The van der Waals surface area contributed by atoms with Gasteiger partial charge < -0.3 is 9.91 Å². The molecule has 0 aliphatic rings. The molecule has 0 spiro atoms. The molecule has 0 heterocycles. The fraction of sp³-hybridized carbons (Fsp3) is 0.222. The first-order valence-corrected chi connectivity index (χ1v) is 7.41. The smallest absolute Gasteiger partial charge is 0.0879 e. The van der Waals surface area contributed by atoms with Gasteiger partial charge in [0.15, 0.2) is 0 Å². The predicted molar refractivity (Wildman–Crippen MR) is 98.2 cm³/mol. The maximum atomic E-state index is 4.28. The second-order valence-electron chi connectivity index (χ2n) is 5.36. The standard InChI is InChI=1S/C18H23N5/c1-14(17-8-6-7-9-18(17)23(5)19-2)20-21-15-10-12-16(13-11-15)22(3)4/h6-13,19H,1H2,2-5H3. The summed E-state index contributed by atoms with van der Waals surface area (Å²) in [4.78, 5) is 2.05. The van der Waals surface area contributed by atoms with Gasteiger partial charge in [-0.05, 0) is 30.3 Å². The van der Waals surface area contributed by atoms with Crippen molar-refractivity contribution >= 4 is 22.8 Å². The number of para-hydroxylation sites is 1. The van der Waals surface area contributed by atoms with E-state index in [1.807, 2.05) is 86.6 Å². The molecule has 2 aromatic carbocycles. The molecule has 0 radical (unpaired) electrons. The fourth-order valence-corrected chi connectivity index (χ4v) is 2.12. The van der Waals surface area contributed by atoms with E-state index >= 15 is 0 Å². The number of rotatable bonds is 6. The van der Waals surface area contributed by atoms with Gasteiger partial charge in [0, 0.05) is 39.4 Å². The Morgan fingerprint density at radius 1 is 1.00 bits per heavy atom. The number of hydrogen-bond acceptors (Lipinski definition) is 5. The Morgan fingerprint density at radius 2 is 1.65 bits per heavy atom. The molecule has 0 unspecified atom stereocenters. The number of hydrogen-bond donors (Lipinski definition) is 1. The van der Waals surface area contributed by atoms with Crippen LogP contribution in [0.3, 0.4) is 0 Å². The molecule has 5 heteroatoms. The second-order valence-corrected chi connectivity index (χ2v) is 5.36. The minimum Gasteiger partial charge on any atom is -0.378 e. The lowest BCUT2D eigenvalue weighted by molar-refractivity contribution is 0.790. The number of anilines is 2. The molecular weight excluding hydrogens is 286 g/mol. The third-order valence-corrected chi connectivity index (χ3v) is 3.56. The van der Waals surface area contributed by atoms with Gasteiger partial charge in [0.05, 0.1) is 17.1 Å². The molecule has 0 aliphatic carbocycles. The van der Waals surface area contributed by atoms with Crippen molar-refractivity contribution in [3.05, 3.63) is 60.7 Å². The van der Waals surface area contributed by atoms with Gasteiger partial charge in [-0.1, -0.05) is 24.8 Å². The summed E-state index contributed by atoms with van der Waals surface area (Å²) in [5.41, 5.74) is 7.58. The number of azo groups is 1. The summed E-state index contributed by atoms with van der Waals surface area (Å²) in [6.07, 6.45) is 0. The maximum absolute atomic E-state index is 4.28.